The summed E-state index contributed by atoms with van der Waals surface area (Å²) in [5.41, 5.74) is 3.26. The maximum atomic E-state index is 12.1. The average molecular weight is 297 g/mol. The van der Waals surface area contributed by atoms with Crippen molar-refractivity contribution in [1.82, 2.24) is 10.3 Å². The van der Waals surface area contributed by atoms with Gasteiger partial charge < -0.3 is 10.6 Å². The molecular formula is C18H23N3O. The zero-order chi connectivity index (χ0) is 16.2. The van der Waals surface area contributed by atoms with E-state index in [4.69, 9.17) is 0 Å². The van der Waals surface area contributed by atoms with Gasteiger partial charge in [0, 0.05) is 23.1 Å². The summed E-state index contributed by atoms with van der Waals surface area (Å²) in [5, 5.41) is 6.21. The third-order valence-corrected chi connectivity index (χ3v) is 3.13. The van der Waals surface area contributed by atoms with Crippen LogP contribution in [0.15, 0.2) is 42.6 Å². The highest BCUT2D eigenvalue weighted by Gasteiger charge is 2.16. The highest BCUT2D eigenvalue weighted by Crippen LogP contribution is 2.18. The van der Waals surface area contributed by atoms with Gasteiger partial charge in [-0.3, -0.25) is 9.78 Å². The van der Waals surface area contributed by atoms with Gasteiger partial charge in [-0.2, -0.15) is 0 Å². The van der Waals surface area contributed by atoms with E-state index in [1.54, 1.807) is 12.3 Å². The zero-order valence-corrected chi connectivity index (χ0v) is 13.6. The number of amides is 1. The lowest BCUT2D eigenvalue weighted by molar-refractivity contribution is 0.0914. The first-order chi connectivity index (χ1) is 10.4. The number of hydrogen-bond donors (Lipinski definition) is 2. The van der Waals surface area contributed by atoms with Crippen molar-refractivity contribution in [3.05, 3.63) is 53.9 Å². The van der Waals surface area contributed by atoms with Crippen molar-refractivity contribution in [3.63, 3.8) is 0 Å². The number of pyridine rings is 1. The molecule has 1 heterocycles. The molecule has 0 radical (unpaired) electrons. The van der Waals surface area contributed by atoms with E-state index in [0.29, 0.717) is 5.69 Å². The Morgan fingerprint density at radius 3 is 2.36 bits per heavy atom. The van der Waals surface area contributed by atoms with Crippen LogP contribution < -0.4 is 10.6 Å². The van der Waals surface area contributed by atoms with E-state index in [1.165, 1.54) is 5.56 Å². The van der Waals surface area contributed by atoms with Gasteiger partial charge in [0.25, 0.3) is 5.91 Å². The van der Waals surface area contributed by atoms with E-state index < -0.39 is 0 Å². The summed E-state index contributed by atoms with van der Waals surface area (Å²) in [5.74, 6) is -0.169. The van der Waals surface area contributed by atoms with Crippen LogP contribution in [0.3, 0.4) is 0 Å². The predicted molar refractivity (Wildman–Crippen MR) is 90.6 cm³/mol. The minimum Gasteiger partial charge on any atom is -0.355 e. The molecule has 1 amide bonds. The quantitative estimate of drug-likeness (QED) is 0.899. The van der Waals surface area contributed by atoms with Crippen LogP contribution in [-0.2, 0) is 6.42 Å². The molecule has 0 saturated carbocycles. The molecule has 0 unspecified atom stereocenters. The van der Waals surface area contributed by atoms with Gasteiger partial charge in [0.15, 0.2) is 0 Å². The number of nitrogens with zero attached hydrogens (tertiary/aromatic N) is 1. The minimum absolute atomic E-state index is 0.169. The first kappa shape index (κ1) is 16.0. The van der Waals surface area contributed by atoms with Gasteiger partial charge in [-0.05, 0) is 57.0 Å². The predicted octanol–water partition coefficient (Wildman–Crippen LogP) is 3.92. The topological polar surface area (TPSA) is 54.0 Å². The van der Waals surface area contributed by atoms with Crippen LogP contribution in [0, 0.1) is 0 Å². The van der Waals surface area contributed by atoms with Gasteiger partial charge in [0.2, 0.25) is 0 Å². The number of nitrogens with one attached hydrogen (secondary N) is 2. The molecule has 0 bridgehead atoms. The maximum absolute atomic E-state index is 12.1. The highest BCUT2D eigenvalue weighted by molar-refractivity contribution is 5.93. The molecule has 0 saturated heterocycles. The van der Waals surface area contributed by atoms with E-state index in [9.17, 15) is 4.79 Å². The van der Waals surface area contributed by atoms with Crippen LogP contribution in [0.5, 0.6) is 0 Å². The summed E-state index contributed by atoms with van der Waals surface area (Å²) < 4.78 is 0. The Morgan fingerprint density at radius 1 is 1.09 bits per heavy atom. The molecule has 0 fully saturated rings. The molecule has 0 aliphatic heterocycles. The lowest BCUT2D eigenvalue weighted by Crippen LogP contribution is -2.40. The zero-order valence-electron chi connectivity index (χ0n) is 13.6. The lowest BCUT2D eigenvalue weighted by atomic mass is 10.1. The number of carbonyl (C=O) groups excluding carboxylic acids is 1. The summed E-state index contributed by atoms with van der Waals surface area (Å²) >= 11 is 0. The second-order valence-corrected chi connectivity index (χ2v) is 6.31. The largest absolute Gasteiger partial charge is 0.355 e. The van der Waals surface area contributed by atoms with Crippen molar-refractivity contribution in [2.45, 2.75) is 39.7 Å². The molecule has 22 heavy (non-hydrogen) atoms. The fourth-order valence-corrected chi connectivity index (χ4v) is 2.03. The Labute approximate surface area is 132 Å². The lowest BCUT2D eigenvalue weighted by Gasteiger charge is -2.20. The van der Waals surface area contributed by atoms with Crippen LogP contribution in [-0.4, -0.2) is 16.4 Å². The van der Waals surface area contributed by atoms with Crippen LogP contribution in [0.4, 0.5) is 11.4 Å². The minimum atomic E-state index is -0.280. The Kier molecular flexibility index (Phi) is 4.81. The SMILES string of the molecule is CCc1ccc(Nc2ccnc(C(=O)NC(C)(C)C)c2)cc1. The first-order valence-corrected chi connectivity index (χ1v) is 7.52. The number of rotatable bonds is 4. The number of carbonyl (C=O) groups is 1. The van der Waals surface area contributed by atoms with Crippen molar-refractivity contribution < 1.29 is 4.79 Å². The van der Waals surface area contributed by atoms with Gasteiger partial charge in [0.1, 0.15) is 5.69 Å². The summed E-state index contributed by atoms with van der Waals surface area (Å²) in [6.45, 7) is 7.97. The second kappa shape index (κ2) is 6.60. The molecule has 0 aliphatic carbocycles. The number of aryl methyl sites for hydroxylation is 1. The smallest absolute Gasteiger partial charge is 0.270 e. The van der Waals surface area contributed by atoms with E-state index >= 15 is 0 Å². The van der Waals surface area contributed by atoms with E-state index in [1.807, 2.05) is 39.0 Å². The fourth-order valence-electron chi connectivity index (χ4n) is 2.03. The van der Waals surface area contributed by atoms with E-state index in [-0.39, 0.29) is 11.4 Å². The van der Waals surface area contributed by atoms with Crippen molar-refractivity contribution in [3.8, 4) is 0 Å². The number of aromatic nitrogens is 1. The summed E-state index contributed by atoms with van der Waals surface area (Å²) in [7, 11) is 0. The van der Waals surface area contributed by atoms with Crippen molar-refractivity contribution in [2.24, 2.45) is 0 Å². The molecule has 0 spiro atoms. The molecule has 1 aromatic carbocycles. The first-order valence-electron chi connectivity index (χ1n) is 7.52. The summed E-state index contributed by atoms with van der Waals surface area (Å²) in [6, 6.07) is 11.9. The Morgan fingerprint density at radius 2 is 1.77 bits per heavy atom. The molecule has 0 atom stereocenters. The van der Waals surface area contributed by atoms with E-state index in [2.05, 4.69) is 34.7 Å². The van der Waals surface area contributed by atoms with Gasteiger partial charge >= 0.3 is 0 Å². The molecule has 1 aromatic heterocycles. The number of hydrogen-bond acceptors (Lipinski definition) is 3. The standard InChI is InChI=1S/C18H23N3O/c1-5-13-6-8-14(9-7-13)20-15-10-11-19-16(12-15)17(22)21-18(2,3)4/h6-12H,5H2,1-4H3,(H,19,20)(H,21,22). The van der Waals surface area contributed by atoms with Crippen molar-refractivity contribution >= 4 is 17.3 Å². The van der Waals surface area contributed by atoms with Crippen LogP contribution >= 0.6 is 0 Å². The monoisotopic (exact) mass is 297 g/mol. The Balaban J connectivity index is 2.12. The Bertz CT molecular complexity index is 642. The van der Waals surface area contributed by atoms with Crippen LogP contribution in [0.2, 0.25) is 0 Å². The molecule has 4 heteroatoms. The third kappa shape index (κ3) is 4.58. The van der Waals surface area contributed by atoms with E-state index in [0.717, 1.165) is 17.8 Å². The molecule has 2 aromatic rings. The third-order valence-electron chi connectivity index (χ3n) is 3.13. The molecule has 2 N–H and O–H groups in total. The molecule has 116 valence electrons. The van der Waals surface area contributed by atoms with Crippen LogP contribution in [0.1, 0.15) is 43.7 Å². The Hall–Kier alpha value is -2.36. The molecule has 4 nitrogen and oxygen atoms in total. The van der Waals surface area contributed by atoms with Gasteiger partial charge in [-0.1, -0.05) is 19.1 Å². The highest BCUT2D eigenvalue weighted by atomic mass is 16.2. The second-order valence-electron chi connectivity index (χ2n) is 6.31. The number of benzene rings is 1. The normalized spacial score (nSPS) is 11.1. The molecular weight excluding hydrogens is 274 g/mol. The van der Waals surface area contributed by atoms with Crippen LogP contribution in [0.25, 0.3) is 0 Å². The van der Waals surface area contributed by atoms with Gasteiger partial charge in [-0.15, -0.1) is 0 Å². The summed E-state index contributed by atoms with van der Waals surface area (Å²) in [4.78, 5) is 16.3. The maximum Gasteiger partial charge on any atom is 0.270 e. The molecule has 2 rings (SSSR count). The van der Waals surface area contributed by atoms with Crippen molar-refractivity contribution in [2.75, 3.05) is 5.32 Å². The van der Waals surface area contributed by atoms with Gasteiger partial charge in [0.05, 0.1) is 0 Å². The average Bonchev–Trinajstić information content (AvgIpc) is 2.46. The summed E-state index contributed by atoms with van der Waals surface area (Å²) in [6.07, 6.45) is 2.66. The fraction of sp³-hybridized carbons (Fsp3) is 0.333. The van der Waals surface area contributed by atoms with Gasteiger partial charge in [-0.25, -0.2) is 0 Å². The number of anilines is 2. The molecule has 0 aliphatic rings. The van der Waals surface area contributed by atoms with Crippen molar-refractivity contribution in [1.29, 1.82) is 0 Å².